The van der Waals surface area contributed by atoms with Crippen LogP contribution in [0.3, 0.4) is 0 Å². The van der Waals surface area contributed by atoms with E-state index in [9.17, 15) is 19.2 Å². The summed E-state index contributed by atoms with van der Waals surface area (Å²) in [6.07, 6.45) is 9.00. The summed E-state index contributed by atoms with van der Waals surface area (Å²) in [5.41, 5.74) is 0.333. The Morgan fingerprint density at radius 2 is 0.533 bits per heavy atom. The van der Waals surface area contributed by atoms with Crippen LogP contribution in [0.15, 0.2) is 48.5 Å². The normalized spacial score (nSPS) is 12.3. The lowest BCUT2D eigenvalue weighted by Crippen LogP contribution is -1.99. The Bertz CT molecular complexity index is 705. The van der Waals surface area contributed by atoms with Crippen molar-refractivity contribution in [2.75, 3.05) is 0 Å². The second-order valence-corrected chi connectivity index (χ2v) is 6.50. The van der Waals surface area contributed by atoms with Crippen LogP contribution in [0.2, 0.25) is 0 Å². The first-order chi connectivity index (χ1) is 14.2. The Hall–Kier alpha value is -3.68. The fourth-order valence-electron chi connectivity index (χ4n) is 2.57. The molecule has 0 radical (unpaired) electrons. The molecule has 0 aromatic heterocycles. The third-order valence-electron chi connectivity index (χ3n) is 4.26. The molecule has 2 aromatic rings. The smallest absolute Gasteiger partial charge is 0.335 e. The van der Waals surface area contributed by atoms with E-state index in [1.54, 1.807) is 0 Å². The van der Waals surface area contributed by atoms with Crippen molar-refractivity contribution in [1.29, 1.82) is 0 Å². The van der Waals surface area contributed by atoms with Crippen LogP contribution in [0.25, 0.3) is 0 Å². The minimum atomic E-state index is -1.06. The van der Waals surface area contributed by atoms with Crippen LogP contribution in [0, 0.1) is 0 Å². The Balaban J connectivity index is 0.000000237. The molecule has 160 valence electrons. The average Bonchev–Trinajstić information content (AvgIpc) is 2.76. The summed E-state index contributed by atoms with van der Waals surface area (Å²) in [6, 6.07) is 10.0. The van der Waals surface area contributed by atoms with Crippen molar-refractivity contribution in [3.8, 4) is 0 Å². The summed E-state index contributed by atoms with van der Waals surface area (Å²) >= 11 is 0. The van der Waals surface area contributed by atoms with Crippen molar-refractivity contribution in [1.82, 2.24) is 0 Å². The Morgan fingerprint density at radius 1 is 0.400 bits per heavy atom. The molecule has 0 aliphatic heterocycles. The van der Waals surface area contributed by atoms with Crippen LogP contribution in [-0.4, -0.2) is 44.3 Å². The van der Waals surface area contributed by atoms with Gasteiger partial charge in [-0.25, -0.2) is 19.2 Å². The predicted octanol–water partition coefficient (Wildman–Crippen LogP) is 4.51. The molecule has 0 heterocycles. The highest BCUT2D eigenvalue weighted by Gasteiger charge is 2.05. The van der Waals surface area contributed by atoms with Gasteiger partial charge in [-0.1, -0.05) is 38.5 Å². The maximum absolute atomic E-state index is 10.3. The summed E-state index contributed by atoms with van der Waals surface area (Å²) in [7, 11) is 0. The van der Waals surface area contributed by atoms with Crippen molar-refractivity contribution < 1.29 is 39.6 Å². The van der Waals surface area contributed by atoms with E-state index in [2.05, 4.69) is 0 Å². The van der Waals surface area contributed by atoms with Gasteiger partial charge in [0.25, 0.3) is 0 Å². The van der Waals surface area contributed by atoms with E-state index in [0.717, 1.165) is 0 Å². The number of rotatable bonds is 4. The molecule has 30 heavy (non-hydrogen) atoms. The van der Waals surface area contributed by atoms with Gasteiger partial charge in [0.05, 0.1) is 22.3 Å². The van der Waals surface area contributed by atoms with Crippen molar-refractivity contribution >= 4 is 23.9 Å². The first kappa shape index (κ1) is 24.4. The quantitative estimate of drug-likeness (QED) is 0.569. The molecule has 0 atom stereocenters. The summed E-state index contributed by atoms with van der Waals surface area (Å²) in [4.78, 5) is 41.3. The lowest BCUT2D eigenvalue weighted by Gasteiger charge is -2.05. The van der Waals surface area contributed by atoms with E-state index in [4.69, 9.17) is 20.4 Å². The minimum Gasteiger partial charge on any atom is -0.478 e. The van der Waals surface area contributed by atoms with Crippen LogP contribution >= 0.6 is 0 Å². The van der Waals surface area contributed by atoms with Gasteiger partial charge in [-0.3, -0.25) is 0 Å². The maximum atomic E-state index is 10.3. The molecule has 8 heteroatoms. The molecule has 1 aliphatic carbocycles. The predicted molar refractivity (Wildman–Crippen MR) is 108 cm³/mol. The molecule has 3 rings (SSSR count). The topological polar surface area (TPSA) is 149 Å². The molecule has 0 bridgehead atoms. The van der Waals surface area contributed by atoms with Gasteiger partial charge >= 0.3 is 23.9 Å². The van der Waals surface area contributed by atoms with Crippen molar-refractivity contribution in [2.45, 2.75) is 38.5 Å². The van der Waals surface area contributed by atoms with Crippen molar-refractivity contribution in [3.05, 3.63) is 70.8 Å². The molecule has 8 nitrogen and oxygen atoms in total. The average molecular weight is 416 g/mol. The zero-order valence-corrected chi connectivity index (χ0v) is 16.3. The van der Waals surface area contributed by atoms with Gasteiger partial charge in [0, 0.05) is 0 Å². The SMILES string of the molecule is C1CCCCC1.O=C(O)c1ccc(C(=O)O)cc1.O=C(O)c1ccc(C(=O)O)cc1. The summed E-state index contributed by atoms with van der Waals surface area (Å²) in [5.74, 6) is -4.25. The van der Waals surface area contributed by atoms with Gasteiger partial charge in [0.15, 0.2) is 0 Å². The largest absolute Gasteiger partial charge is 0.478 e. The van der Waals surface area contributed by atoms with Gasteiger partial charge in [0.1, 0.15) is 0 Å². The fraction of sp³-hybridized carbons (Fsp3) is 0.273. The zero-order chi connectivity index (χ0) is 22.5. The molecule has 0 spiro atoms. The molecule has 1 aliphatic rings. The number of carbonyl (C=O) groups is 4. The van der Waals surface area contributed by atoms with E-state index in [-0.39, 0.29) is 22.3 Å². The number of hydrogen-bond acceptors (Lipinski definition) is 4. The summed E-state index contributed by atoms with van der Waals surface area (Å²) < 4.78 is 0. The van der Waals surface area contributed by atoms with E-state index in [1.807, 2.05) is 0 Å². The van der Waals surface area contributed by atoms with Gasteiger partial charge in [0.2, 0.25) is 0 Å². The van der Waals surface area contributed by atoms with Crippen molar-refractivity contribution in [2.24, 2.45) is 0 Å². The van der Waals surface area contributed by atoms with Gasteiger partial charge in [-0.05, 0) is 48.5 Å². The molecule has 4 N–H and O–H groups in total. The standard InChI is InChI=1S/2C8H6O4.C6H12/c2*9-7(10)5-1-2-6(4-3-5)8(11)12;1-2-4-6-5-3-1/h2*1-4H,(H,9,10)(H,11,12);1-6H2. The third kappa shape index (κ3) is 9.01. The van der Waals surface area contributed by atoms with Crippen LogP contribution in [-0.2, 0) is 0 Å². The molecule has 0 amide bonds. The van der Waals surface area contributed by atoms with Gasteiger partial charge in [-0.15, -0.1) is 0 Å². The number of hydrogen-bond donors (Lipinski definition) is 4. The lowest BCUT2D eigenvalue weighted by molar-refractivity contribution is 0.0681. The van der Waals surface area contributed by atoms with E-state index >= 15 is 0 Å². The second kappa shape index (κ2) is 12.7. The van der Waals surface area contributed by atoms with Crippen LogP contribution in [0.5, 0.6) is 0 Å². The second-order valence-electron chi connectivity index (χ2n) is 6.50. The highest BCUT2D eigenvalue weighted by Crippen LogP contribution is 2.15. The molecular weight excluding hydrogens is 392 g/mol. The molecule has 1 saturated carbocycles. The van der Waals surface area contributed by atoms with E-state index < -0.39 is 23.9 Å². The molecule has 0 unspecified atom stereocenters. The van der Waals surface area contributed by atoms with Crippen LogP contribution < -0.4 is 0 Å². The first-order valence-corrected chi connectivity index (χ1v) is 9.35. The third-order valence-corrected chi connectivity index (χ3v) is 4.26. The molecular formula is C22H24O8. The zero-order valence-electron chi connectivity index (χ0n) is 16.3. The van der Waals surface area contributed by atoms with Crippen molar-refractivity contribution in [3.63, 3.8) is 0 Å². The monoisotopic (exact) mass is 416 g/mol. The van der Waals surface area contributed by atoms with E-state index in [1.165, 1.54) is 87.1 Å². The highest BCUT2D eigenvalue weighted by molar-refractivity contribution is 5.92. The lowest BCUT2D eigenvalue weighted by atomic mass is 10.0. The van der Waals surface area contributed by atoms with Gasteiger partial charge < -0.3 is 20.4 Å². The number of carboxylic acids is 4. The molecule has 2 aromatic carbocycles. The fourth-order valence-corrected chi connectivity index (χ4v) is 2.57. The summed E-state index contributed by atoms with van der Waals surface area (Å²) in [5, 5.41) is 33.9. The summed E-state index contributed by atoms with van der Waals surface area (Å²) in [6.45, 7) is 0. The molecule has 0 saturated heterocycles. The Labute approximate surface area is 173 Å². The number of carboxylic acid groups (broad SMARTS) is 4. The molecule has 1 fully saturated rings. The van der Waals surface area contributed by atoms with Crippen LogP contribution in [0.4, 0.5) is 0 Å². The highest BCUT2D eigenvalue weighted by atomic mass is 16.4. The van der Waals surface area contributed by atoms with Crippen LogP contribution in [0.1, 0.15) is 80.0 Å². The maximum Gasteiger partial charge on any atom is 0.335 e. The Morgan fingerprint density at radius 3 is 0.633 bits per heavy atom. The minimum absolute atomic E-state index is 0.0833. The Kier molecular flexibility index (Phi) is 10.3. The number of aromatic carboxylic acids is 4. The number of benzene rings is 2. The van der Waals surface area contributed by atoms with E-state index in [0.29, 0.717) is 0 Å². The van der Waals surface area contributed by atoms with Gasteiger partial charge in [-0.2, -0.15) is 0 Å². The first-order valence-electron chi connectivity index (χ1n) is 9.35.